The van der Waals surface area contributed by atoms with E-state index in [9.17, 15) is 0 Å². The minimum Gasteiger partial charge on any atom is -0.497 e. The molecule has 1 saturated heterocycles. The molecular formula is C14H22N2O2. The Morgan fingerprint density at radius 3 is 3.00 bits per heavy atom. The standard InChI is InChI=1S/C14H22N2O2/c1-18-14-8-11(7-12(15)9-14)10-16-5-2-3-13(16)4-6-17/h7-9,13,17H,2-6,10,15H2,1H3. The van der Waals surface area contributed by atoms with Gasteiger partial charge in [-0.25, -0.2) is 0 Å². The third-order valence-electron chi connectivity index (χ3n) is 3.57. The average molecular weight is 250 g/mol. The quantitative estimate of drug-likeness (QED) is 0.780. The smallest absolute Gasteiger partial charge is 0.121 e. The summed E-state index contributed by atoms with van der Waals surface area (Å²) in [5.74, 6) is 0.808. The fourth-order valence-electron chi connectivity index (χ4n) is 2.71. The molecule has 1 aliphatic rings. The van der Waals surface area contributed by atoms with Gasteiger partial charge in [0.2, 0.25) is 0 Å². The van der Waals surface area contributed by atoms with E-state index >= 15 is 0 Å². The zero-order chi connectivity index (χ0) is 13.0. The highest BCUT2D eigenvalue weighted by atomic mass is 16.5. The van der Waals surface area contributed by atoms with Gasteiger partial charge >= 0.3 is 0 Å². The molecule has 2 rings (SSSR count). The Hall–Kier alpha value is -1.26. The number of likely N-dealkylation sites (tertiary alicyclic amines) is 1. The fraction of sp³-hybridized carbons (Fsp3) is 0.571. The molecule has 18 heavy (non-hydrogen) atoms. The van der Waals surface area contributed by atoms with E-state index in [2.05, 4.69) is 4.90 Å². The van der Waals surface area contributed by atoms with Gasteiger partial charge in [-0.1, -0.05) is 0 Å². The van der Waals surface area contributed by atoms with Crippen LogP contribution in [0.2, 0.25) is 0 Å². The van der Waals surface area contributed by atoms with Gasteiger partial charge in [0.25, 0.3) is 0 Å². The van der Waals surface area contributed by atoms with E-state index in [4.69, 9.17) is 15.6 Å². The topological polar surface area (TPSA) is 58.7 Å². The molecule has 1 heterocycles. The Morgan fingerprint density at radius 1 is 1.44 bits per heavy atom. The van der Waals surface area contributed by atoms with E-state index in [1.807, 2.05) is 18.2 Å². The molecule has 1 fully saturated rings. The highest BCUT2D eigenvalue weighted by molar-refractivity contribution is 5.47. The van der Waals surface area contributed by atoms with Crippen LogP contribution in [0.15, 0.2) is 18.2 Å². The lowest BCUT2D eigenvalue weighted by atomic mass is 10.1. The number of ether oxygens (including phenoxy) is 1. The average Bonchev–Trinajstić information content (AvgIpc) is 2.76. The van der Waals surface area contributed by atoms with Crippen molar-refractivity contribution < 1.29 is 9.84 Å². The molecule has 0 spiro atoms. The number of aliphatic hydroxyl groups is 1. The van der Waals surface area contributed by atoms with Crippen molar-refractivity contribution in [3.05, 3.63) is 23.8 Å². The molecule has 1 unspecified atom stereocenters. The van der Waals surface area contributed by atoms with Crippen molar-refractivity contribution in [2.24, 2.45) is 0 Å². The molecule has 0 amide bonds. The first-order valence-electron chi connectivity index (χ1n) is 6.51. The number of methoxy groups -OCH3 is 1. The van der Waals surface area contributed by atoms with Crippen LogP contribution in [0.1, 0.15) is 24.8 Å². The monoisotopic (exact) mass is 250 g/mol. The summed E-state index contributed by atoms with van der Waals surface area (Å²) < 4.78 is 5.24. The lowest BCUT2D eigenvalue weighted by Gasteiger charge is -2.24. The summed E-state index contributed by atoms with van der Waals surface area (Å²) in [6.45, 7) is 2.25. The molecule has 0 aliphatic carbocycles. The second kappa shape index (κ2) is 6.07. The number of nitrogen functional groups attached to an aromatic ring is 1. The number of hydrogen-bond donors (Lipinski definition) is 2. The summed E-state index contributed by atoms with van der Waals surface area (Å²) in [4.78, 5) is 2.42. The molecule has 0 aromatic heterocycles. The molecule has 1 atom stereocenters. The van der Waals surface area contributed by atoms with Crippen LogP contribution in [0.3, 0.4) is 0 Å². The number of rotatable bonds is 5. The number of benzene rings is 1. The van der Waals surface area contributed by atoms with E-state index in [-0.39, 0.29) is 6.61 Å². The van der Waals surface area contributed by atoms with Gasteiger partial charge in [0.05, 0.1) is 7.11 Å². The molecular weight excluding hydrogens is 228 g/mol. The maximum absolute atomic E-state index is 9.07. The fourth-order valence-corrected chi connectivity index (χ4v) is 2.71. The Bertz CT molecular complexity index is 395. The minimum atomic E-state index is 0.265. The molecule has 100 valence electrons. The van der Waals surface area contributed by atoms with Crippen molar-refractivity contribution in [2.75, 3.05) is 26.0 Å². The van der Waals surface area contributed by atoms with E-state index in [0.717, 1.165) is 30.9 Å². The van der Waals surface area contributed by atoms with E-state index in [0.29, 0.717) is 6.04 Å². The largest absolute Gasteiger partial charge is 0.497 e. The zero-order valence-electron chi connectivity index (χ0n) is 10.9. The highest BCUT2D eigenvalue weighted by Gasteiger charge is 2.23. The van der Waals surface area contributed by atoms with Gasteiger partial charge in [-0.05, 0) is 43.5 Å². The molecule has 3 N–H and O–H groups in total. The van der Waals surface area contributed by atoms with Crippen molar-refractivity contribution >= 4 is 5.69 Å². The number of aliphatic hydroxyl groups excluding tert-OH is 1. The number of hydrogen-bond acceptors (Lipinski definition) is 4. The third kappa shape index (κ3) is 3.15. The van der Waals surface area contributed by atoms with Crippen LogP contribution in [0, 0.1) is 0 Å². The van der Waals surface area contributed by atoms with Crippen molar-refractivity contribution in [2.45, 2.75) is 31.8 Å². The molecule has 1 aromatic rings. The minimum absolute atomic E-state index is 0.265. The van der Waals surface area contributed by atoms with Gasteiger partial charge in [0.15, 0.2) is 0 Å². The first-order chi connectivity index (χ1) is 8.72. The molecule has 0 saturated carbocycles. The van der Waals surface area contributed by atoms with Gasteiger partial charge < -0.3 is 15.6 Å². The van der Waals surface area contributed by atoms with Crippen LogP contribution >= 0.6 is 0 Å². The molecule has 4 heteroatoms. The van der Waals surface area contributed by atoms with Crippen molar-refractivity contribution in [1.82, 2.24) is 4.90 Å². The summed E-state index contributed by atoms with van der Waals surface area (Å²) in [7, 11) is 1.66. The maximum Gasteiger partial charge on any atom is 0.121 e. The predicted octanol–water partition coefficient (Wildman–Crippen LogP) is 1.62. The summed E-state index contributed by atoms with van der Waals surface area (Å²) >= 11 is 0. The SMILES string of the molecule is COc1cc(N)cc(CN2CCCC2CCO)c1. The van der Waals surface area contributed by atoms with Crippen molar-refractivity contribution in [3.63, 3.8) is 0 Å². The summed E-state index contributed by atoms with van der Waals surface area (Å²) in [6.07, 6.45) is 3.25. The number of nitrogens with zero attached hydrogens (tertiary/aromatic N) is 1. The molecule has 1 aliphatic heterocycles. The molecule has 0 bridgehead atoms. The van der Waals surface area contributed by atoms with Gasteiger partial charge in [-0.3, -0.25) is 4.90 Å². The molecule has 0 radical (unpaired) electrons. The third-order valence-corrected chi connectivity index (χ3v) is 3.57. The van der Waals surface area contributed by atoms with Crippen LogP contribution in [0.4, 0.5) is 5.69 Å². The molecule has 4 nitrogen and oxygen atoms in total. The van der Waals surface area contributed by atoms with Crippen molar-refractivity contribution in [3.8, 4) is 5.75 Å². The van der Waals surface area contributed by atoms with Crippen LogP contribution in [0.5, 0.6) is 5.75 Å². The normalized spacial score (nSPS) is 20.2. The van der Waals surface area contributed by atoms with Crippen LogP contribution in [-0.4, -0.2) is 36.3 Å². The zero-order valence-corrected chi connectivity index (χ0v) is 10.9. The summed E-state index contributed by atoms with van der Waals surface area (Å²) in [6, 6.07) is 6.36. The highest BCUT2D eigenvalue weighted by Crippen LogP contribution is 2.25. The Labute approximate surface area is 108 Å². The van der Waals surface area contributed by atoms with Crippen LogP contribution in [0.25, 0.3) is 0 Å². The van der Waals surface area contributed by atoms with E-state index in [1.165, 1.54) is 18.4 Å². The van der Waals surface area contributed by atoms with Crippen molar-refractivity contribution in [1.29, 1.82) is 0 Å². The number of anilines is 1. The van der Waals surface area contributed by atoms with Gasteiger partial charge in [0, 0.05) is 30.9 Å². The first kappa shape index (κ1) is 13.2. The van der Waals surface area contributed by atoms with E-state index in [1.54, 1.807) is 7.11 Å². The van der Waals surface area contributed by atoms with E-state index < -0.39 is 0 Å². The Morgan fingerprint density at radius 2 is 2.28 bits per heavy atom. The first-order valence-corrected chi connectivity index (χ1v) is 6.51. The van der Waals surface area contributed by atoms with Crippen LogP contribution in [-0.2, 0) is 6.54 Å². The summed E-state index contributed by atoms with van der Waals surface area (Å²) in [5, 5.41) is 9.07. The summed E-state index contributed by atoms with van der Waals surface area (Å²) in [5.41, 5.74) is 7.78. The second-order valence-corrected chi connectivity index (χ2v) is 4.89. The maximum atomic E-state index is 9.07. The van der Waals surface area contributed by atoms with Gasteiger partial charge in [-0.15, -0.1) is 0 Å². The lowest BCUT2D eigenvalue weighted by Crippen LogP contribution is -2.29. The Balaban J connectivity index is 2.06. The number of nitrogens with two attached hydrogens (primary N) is 1. The predicted molar refractivity (Wildman–Crippen MR) is 72.5 cm³/mol. The van der Waals surface area contributed by atoms with Crippen LogP contribution < -0.4 is 10.5 Å². The van der Waals surface area contributed by atoms with Gasteiger partial charge in [-0.2, -0.15) is 0 Å². The molecule has 1 aromatic carbocycles. The second-order valence-electron chi connectivity index (χ2n) is 4.89. The van der Waals surface area contributed by atoms with Gasteiger partial charge in [0.1, 0.15) is 5.75 Å². The Kier molecular flexibility index (Phi) is 4.44. The lowest BCUT2D eigenvalue weighted by molar-refractivity contribution is 0.189.